The zero-order valence-corrected chi connectivity index (χ0v) is 37.8. The molecule has 0 saturated heterocycles. The topological polar surface area (TPSA) is 63.2 Å². The van der Waals surface area contributed by atoms with Gasteiger partial charge in [0.2, 0.25) is 0 Å². The molecule has 7 heterocycles. The van der Waals surface area contributed by atoms with Crippen molar-refractivity contribution in [1.29, 1.82) is 0 Å². The van der Waals surface area contributed by atoms with Gasteiger partial charge < -0.3 is 23.3 Å². The Morgan fingerprint density at radius 2 is 1.00 bits per heavy atom. The zero-order valence-electron chi connectivity index (χ0n) is 35.5. The number of hydrogen-bond acceptors (Lipinski definition) is 6. The van der Waals surface area contributed by atoms with Gasteiger partial charge >= 0.3 is 0 Å². The molecular formula is C58H34N7OPt-3. The van der Waals surface area contributed by atoms with Gasteiger partial charge in [-0.3, -0.25) is 9.97 Å². The van der Waals surface area contributed by atoms with Crippen LogP contribution >= 0.6 is 0 Å². The van der Waals surface area contributed by atoms with Crippen molar-refractivity contribution in [3.63, 3.8) is 0 Å². The molecule has 6 aromatic heterocycles. The molecule has 0 saturated carbocycles. The Morgan fingerprint density at radius 3 is 1.73 bits per heavy atom. The van der Waals surface area contributed by atoms with Crippen LogP contribution in [0.1, 0.15) is 0 Å². The van der Waals surface area contributed by atoms with Crippen LogP contribution in [0.2, 0.25) is 0 Å². The van der Waals surface area contributed by atoms with E-state index in [4.69, 9.17) is 9.72 Å². The second-order valence-electron chi connectivity index (χ2n) is 16.5. The van der Waals surface area contributed by atoms with E-state index < -0.39 is 0 Å². The van der Waals surface area contributed by atoms with Crippen LogP contribution in [0.25, 0.3) is 87.8 Å². The molecule has 13 aromatic rings. The maximum Gasteiger partial charge on any atom is 0.160 e. The van der Waals surface area contributed by atoms with Crippen LogP contribution in [0, 0.1) is 18.8 Å². The average molecular weight is 1040 g/mol. The molecule has 14 rings (SSSR count). The standard InChI is InChI=1S/C58H34N7O.Pt/c1-2-19-50-44(12-1)46-15-7-17-48-49-18-8-16-47-45-24-23-41(35-54(45)65(57(47)49)58-53(22-9-29-61-58)64(50)56(46)48)66-40-11-5-10-39(34-40)62-36-63(52-21-4-3-20-51(52)62)55-42(37-25-30-59-31-26-37)13-6-14-43(55)38-27-32-60-33-28-38;/h1-33,36H;/q-3;. The van der Waals surface area contributed by atoms with Crippen LogP contribution in [0.4, 0.5) is 22.7 Å². The van der Waals surface area contributed by atoms with Crippen molar-refractivity contribution < 1.29 is 25.8 Å². The molecule has 0 spiro atoms. The molecule has 1 aliphatic rings. The number of nitrogens with zero attached hydrogens (tertiary/aromatic N) is 7. The van der Waals surface area contributed by atoms with E-state index in [0.717, 1.165) is 88.9 Å². The van der Waals surface area contributed by atoms with Crippen molar-refractivity contribution >= 4 is 88.3 Å². The van der Waals surface area contributed by atoms with Gasteiger partial charge in [-0.1, -0.05) is 90.4 Å². The van der Waals surface area contributed by atoms with E-state index in [1.54, 1.807) is 0 Å². The number of aromatic nitrogens is 5. The number of fused-ring (bicyclic) bond motifs is 11. The third kappa shape index (κ3) is 5.93. The maximum absolute atomic E-state index is 6.76. The van der Waals surface area contributed by atoms with Crippen LogP contribution < -0.4 is 14.5 Å². The molecule has 0 bridgehead atoms. The molecule has 0 atom stereocenters. The molecule has 320 valence electrons. The SMILES string of the molecule is [Pt].[c-]1c(Oc2[c-]c3c(cc2)c2cccc4c5cccc6c7ccccc7n(c7cccnc7n3c24)c65)cccc1N1[CH-]N(c2c(-c3ccncc3)cccc2-c2ccncc2)c2ccccc21. The number of benzene rings is 7. The molecule has 1 aliphatic heterocycles. The van der Waals surface area contributed by atoms with Gasteiger partial charge in [0.15, 0.2) is 5.65 Å². The van der Waals surface area contributed by atoms with E-state index in [0.29, 0.717) is 11.5 Å². The number of rotatable bonds is 6. The summed E-state index contributed by atoms with van der Waals surface area (Å²) in [6.45, 7) is 2.15. The quantitative estimate of drug-likeness (QED) is 0.155. The van der Waals surface area contributed by atoms with E-state index in [1.807, 2.05) is 55.2 Å². The third-order valence-electron chi connectivity index (χ3n) is 13.0. The molecule has 67 heavy (non-hydrogen) atoms. The summed E-state index contributed by atoms with van der Waals surface area (Å²) in [5.74, 6) is 1.14. The van der Waals surface area contributed by atoms with E-state index >= 15 is 0 Å². The second kappa shape index (κ2) is 15.4. The van der Waals surface area contributed by atoms with Gasteiger partial charge in [-0.2, -0.15) is 12.1 Å². The van der Waals surface area contributed by atoms with Crippen LogP contribution in [0.5, 0.6) is 11.5 Å². The van der Waals surface area contributed by atoms with Gasteiger partial charge in [-0.15, -0.1) is 48.1 Å². The van der Waals surface area contributed by atoms with Crippen LogP contribution in [-0.2, 0) is 21.1 Å². The number of ether oxygens (including phenoxy) is 1. The van der Waals surface area contributed by atoms with Gasteiger partial charge in [0.05, 0.1) is 16.6 Å². The normalized spacial score (nSPS) is 12.5. The van der Waals surface area contributed by atoms with Crippen LogP contribution in [0.3, 0.4) is 0 Å². The number of para-hydroxylation sites is 6. The molecule has 0 fully saturated rings. The summed E-state index contributed by atoms with van der Waals surface area (Å²) in [5, 5.41) is 6.93. The first kappa shape index (κ1) is 39.1. The summed E-state index contributed by atoms with van der Waals surface area (Å²) in [7, 11) is 0. The van der Waals surface area contributed by atoms with Gasteiger partial charge in [0.1, 0.15) is 0 Å². The second-order valence-corrected chi connectivity index (χ2v) is 16.5. The minimum atomic E-state index is 0. The molecule has 9 heteroatoms. The van der Waals surface area contributed by atoms with E-state index in [-0.39, 0.29) is 21.1 Å². The summed E-state index contributed by atoms with van der Waals surface area (Å²) in [6.07, 6.45) is 9.24. The van der Waals surface area contributed by atoms with Gasteiger partial charge in [-0.05, 0) is 71.1 Å². The van der Waals surface area contributed by atoms with Crippen LogP contribution in [-0.4, -0.2) is 23.8 Å². The van der Waals surface area contributed by atoms with Crippen molar-refractivity contribution in [2.45, 2.75) is 0 Å². The fourth-order valence-electron chi connectivity index (χ4n) is 10.2. The van der Waals surface area contributed by atoms with E-state index in [2.05, 4.69) is 193 Å². The summed E-state index contributed by atoms with van der Waals surface area (Å²) >= 11 is 0. The summed E-state index contributed by atoms with van der Waals surface area (Å²) < 4.78 is 11.4. The monoisotopic (exact) mass is 1040 g/mol. The fourth-order valence-corrected chi connectivity index (χ4v) is 10.2. The smallest absolute Gasteiger partial charge is 0.160 e. The first-order valence-corrected chi connectivity index (χ1v) is 21.9. The van der Waals surface area contributed by atoms with Crippen LogP contribution in [0.15, 0.2) is 201 Å². The van der Waals surface area contributed by atoms with E-state index in [1.165, 1.54) is 21.7 Å². The van der Waals surface area contributed by atoms with Crippen molar-refractivity contribution in [3.8, 4) is 33.8 Å². The Morgan fingerprint density at radius 1 is 0.433 bits per heavy atom. The molecule has 0 radical (unpaired) electrons. The predicted octanol–water partition coefficient (Wildman–Crippen LogP) is 14.3. The Bertz CT molecular complexity index is 4040. The molecule has 0 N–H and O–H groups in total. The largest absolute Gasteiger partial charge is 0.509 e. The van der Waals surface area contributed by atoms with Gasteiger partial charge in [0, 0.05) is 119 Å². The van der Waals surface area contributed by atoms with Crippen molar-refractivity contribution in [2.75, 3.05) is 9.80 Å². The Labute approximate surface area is 398 Å². The Hall–Kier alpha value is -8.32. The predicted molar refractivity (Wildman–Crippen MR) is 266 cm³/mol. The van der Waals surface area contributed by atoms with Crippen molar-refractivity contribution in [1.82, 2.24) is 23.8 Å². The summed E-state index contributed by atoms with van der Waals surface area (Å²) in [4.78, 5) is 18.2. The summed E-state index contributed by atoms with van der Waals surface area (Å²) in [6, 6.07) is 66.7. The molecule has 0 amide bonds. The van der Waals surface area contributed by atoms with Gasteiger partial charge in [0.25, 0.3) is 0 Å². The number of hydrogen-bond donors (Lipinski definition) is 0. The third-order valence-corrected chi connectivity index (χ3v) is 13.0. The average Bonchev–Trinajstić information content (AvgIpc) is 4.04. The maximum atomic E-state index is 6.76. The Kier molecular flexibility index (Phi) is 8.98. The fraction of sp³-hybridized carbons (Fsp3) is 0. The minimum absolute atomic E-state index is 0. The molecule has 0 unspecified atom stereocenters. The molecule has 7 aromatic carbocycles. The summed E-state index contributed by atoms with van der Waals surface area (Å²) in [5.41, 5.74) is 14.4. The van der Waals surface area contributed by atoms with E-state index in [9.17, 15) is 0 Å². The van der Waals surface area contributed by atoms with Crippen molar-refractivity contribution in [2.24, 2.45) is 0 Å². The Balaban J connectivity index is 0.00000446. The number of anilines is 4. The minimum Gasteiger partial charge on any atom is -0.509 e. The van der Waals surface area contributed by atoms with Gasteiger partial charge in [-0.25, -0.2) is 4.98 Å². The zero-order chi connectivity index (χ0) is 43.3. The first-order valence-electron chi connectivity index (χ1n) is 21.9. The molecular weight excluding hydrogens is 1010 g/mol. The first-order chi connectivity index (χ1) is 32.8. The molecule has 0 aliphatic carbocycles. The van der Waals surface area contributed by atoms with Crippen molar-refractivity contribution in [3.05, 3.63) is 220 Å². The molecule has 8 nitrogen and oxygen atoms in total. The number of pyridine rings is 3.